The number of nitrogens with zero attached hydrogens (tertiary/aromatic N) is 1. The van der Waals surface area contributed by atoms with Crippen molar-refractivity contribution in [2.24, 2.45) is 5.73 Å². The van der Waals surface area contributed by atoms with Crippen molar-refractivity contribution in [3.63, 3.8) is 0 Å². The van der Waals surface area contributed by atoms with Crippen molar-refractivity contribution < 1.29 is 4.74 Å². The Morgan fingerprint density at radius 2 is 2.36 bits per heavy atom. The van der Waals surface area contributed by atoms with Crippen LogP contribution in [-0.2, 0) is 17.7 Å². The molecule has 25 heavy (non-hydrogen) atoms. The van der Waals surface area contributed by atoms with Gasteiger partial charge in [0.2, 0.25) is 0 Å². The fraction of sp³-hybridized carbons (Fsp3) is 0.389. The van der Waals surface area contributed by atoms with E-state index in [0.717, 1.165) is 38.6 Å². The number of nitrogens with one attached hydrogen (secondary N) is 1. The molecular formula is C18H19N3OS3. The van der Waals surface area contributed by atoms with E-state index in [4.69, 9.17) is 16.9 Å². The minimum absolute atomic E-state index is 0.0262. The summed E-state index contributed by atoms with van der Waals surface area (Å²) in [4.78, 5) is 2.44. The highest BCUT2D eigenvalue weighted by atomic mass is 32.1. The zero-order valence-corrected chi connectivity index (χ0v) is 16.1. The number of ether oxygens (including phenoxy) is 1. The molecule has 3 N–H and O–H groups in total. The van der Waals surface area contributed by atoms with Crippen LogP contribution in [-0.4, -0.2) is 23.1 Å². The van der Waals surface area contributed by atoms with E-state index < -0.39 is 0 Å². The largest absolute Gasteiger partial charge is 0.377 e. The summed E-state index contributed by atoms with van der Waals surface area (Å²) in [6.45, 7) is 1.40. The molecule has 3 aromatic rings. The van der Waals surface area contributed by atoms with E-state index in [1.165, 1.54) is 29.3 Å². The molecule has 4 nitrogen and oxygen atoms in total. The van der Waals surface area contributed by atoms with Crippen molar-refractivity contribution in [2.45, 2.75) is 38.0 Å². The third-order valence-electron chi connectivity index (χ3n) is 4.06. The topological polar surface area (TPSA) is 60.2 Å². The summed E-state index contributed by atoms with van der Waals surface area (Å²) in [6, 6.07) is 4.16. The molecule has 1 atom stereocenters. The average molecular weight is 390 g/mol. The van der Waals surface area contributed by atoms with Gasteiger partial charge in [-0.2, -0.15) is 4.37 Å². The number of rotatable bonds is 8. The third kappa shape index (κ3) is 3.89. The molecule has 1 saturated carbocycles. The molecule has 0 aromatic carbocycles. The van der Waals surface area contributed by atoms with Gasteiger partial charge in [0.15, 0.2) is 0 Å². The van der Waals surface area contributed by atoms with Gasteiger partial charge >= 0.3 is 0 Å². The first-order valence-corrected chi connectivity index (χ1v) is 10.7. The van der Waals surface area contributed by atoms with Gasteiger partial charge in [-0.3, -0.25) is 0 Å². The van der Waals surface area contributed by atoms with Crippen molar-refractivity contribution in [3.8, 4) is 12.3 Å². The fourth-order valence-electron chi connectivity index (χ4n) is 2.62. The van der Waals surface area contributed by atoms with Gasteiger partial charge in [-0.15, -0.1) is 29.1 Å². The Bertz CT molecular complexity index is 887. The van der Waals surface area contributed by atoms with Crippen molar-refractivity contribution in [2.75, 3.05) is 11.9 Å². The number of terminal acetylenes is 1. The molecule has 0 amide bonds. The molecule has 0 aliphatic heterocycles. The highest BCUT2D eigenvalue weighted by Gasteiger charge is 2.24. The van der Waals surface area contributed by atoms with Crippen LogP contribution in [0.25, 0.3) is 10.2 Å². The number of thiophene rings is 2. The molecular weight excluding hydrogens is 370 g/mol. The van der Waals surface area contributed by atoms with E-state index in [2.05, 4.69) is 33.1 Å². The molecule has 3 heterocycles. The summed E-state index contributed by atoms with van der Waals surface area (Å²) < 4.78 is 11.4. The molecule has 1 fully saturated rings. The Hall–Kier alpha value is -1.43. The molecule has 0 saturated heterocycles. The Balaban J connectivity index is 1.50. The molecule has 1 aliphatic rings. The third-order valence-corrected chi connectivity index (χ3v) is 7.09. The molecule has 0 unspecified atom stereocenters. The van der Waals surface area contributed by atoms with Crippen molar-refractivity contribution >= 4 is 49.4 Å². The number of aromatic nitrogens is 1. The van der Waals surface area contributed by atoms with Crippen LogP contribution < -0.4 is 11.1 Å². The Morgan fingerprint density at radius 3 is 3.08 bits per heavy atom. The van der Waals surface area contributed by atoms with E-state index in [0.29, 0.717) is 12.7 Å². The normalized spacial score (nSPS) is 15.4. The molecule has 7 heteroatoms. The predicted molar refractivity (Wildman–Crippen MR) is 108 cm³/mol. The minimum atomic E-state index is -0.0262. The second-order valence-electron chi connectivity index (χ2n) is 6.16. The average Bonchev–Trinajstić information content (AvgIpc) is 3.00. The predicted octanol–water partition coefficient (Wildman–Crippen LogP) is 4.06. The van der Waals surface area contributed by atoms with E-state index in [9.17, 15) is 0 Å². The zero-order valence-electron chi connectivity index (χ0n) is 13.7. The molecule has 3 aromatic heterocycles. The number of anilines is 1. The van der Waals surface area contributed by atoms with Crippen molar-refractivity contribution in [3.05, 3.63) is 32.8 Å². The summed E-state index contributed by atoms with van der Waals surface area (Å²) in [5, 5.41) is 6.66. The molecule has 130 valence electrons. The summed E-state index contributed by atoms with van der Waals surface area (Å²) in [5.41, 5.74) is 8.06. The maximum absolute atomic E-state index is 6.24. The van der Waals surface area contributed by atoms with Crippen molar-refractivity contribution in [1.29, 1.82) is 0 Å². The summed E-state index contributed by atoms with van der Waals surface area (Å²) in [5.74, 6) is 2.82. The first kappa shape index (κ1) is 17.0. The van der Waals surface area contributed by atoms with Crippen molar-refractivity contribution in [1.82, 2.24) is 4.37 Å². The first-order valence-electron chi connectivity index (χ1n) is 8.25. The van der Waals surface area contributed by atoms with Gasteiger partial charge in [0, 0.05) is 22.2 Å². The minimum Gasteiger partial charge on any atom is -0.377 e. The van der Waals surface area contributed by atoms with Crippen LogP contribution in [0.3, 0.4) is 0 Å². The summed E-state index contributed by atoms with van der Waals surface area (Å²) in [7, 11) is 0. The highest BCUT2D eigenvalue weighted by Crippen LogP contribution is 2.39. The van der Waals surface area contributed by atoms with Gasteiger partial charge in [0.05, 0.1) is 29.5 Å². The second-order valence-corrected chi connectivity index (χ2v) is 9.07. The van der Waals surface area contributed by atoms with Crippen LogP contribution in [0.1, 0.15) is 28.2 Å². The second kappa shape index (κ2) is 7.44. The Morgan fingerprint density at radius 1 is 1.48 bits per heavy atom. The molecule has 0 radical (unpaired) electrons. The van der Waals surface area contributed by atoms with Crippen LogP contribution in [0.5, 0.6) is 0 Å². The summed E-state index contributed by atoms with van der Waals surface area (Å²) in [6.07, 6.45) is 9.26. The smallest absolute Gasteiger partial charge is 0.127 e. The monoisotopic (exact) mass is 389 g/mol. The Labute approximate surface area is 159 Å². The lowest BCUT2D eigenvalue weighted by atomic mass is 10.1. The standard InChI is InChI=1S/C18H19N3OS3/c1-2-14-15(8-11(19)10-22-12-5-6-12)24-17-16(14)21-25-18(17)20-9-13-4-3-7-23-13/h1,3-4,7,11-12,20H,5-6,8-10,19H2/t11-/m1/s1. The van der Waals surface area contributed by atoms with Gasteiger partial charge in [-0.05, 0) is 35.8 Å². The number of hydrogen-bond donors (Lipinski definition) is 2. The molecule has 4 rings (SSSR count). The van der Waals surface area contributed by atoms with Crippen LogP contribution in [0, 0.1) is 12.3 Å². The van der Waals surface area contributed by atoms with Gasteiger partial charge in [0.25, 0.3) is 0 Å². The van der Waals surface area contributed by atoms with Crippen LogP contribution >= 0.6 is 34.2 Å². The number of fused-ring (bicyclic) bond motifs is 1. The zero-order chi connectivity index (χ0) is 17.2. The Kier molecular flexibility index (Phi) is 5.06. The molecule has 1 aliphatic carbocycles. The molecule has 0 spiro atoms. The van der Waals surface area contributed by atoms with Gasteiger partial charge in [-0.25, -0.2) is 0 Å². The van der Waals surface area contributed by atoms with E-state index in [1.54, 1.807) is 22.7 Å². The van der Waals surface area contributed by atoms with Gasteiger partial charge in [-0.1, -0.05) is 12.0 Å². The van der Waals surface area contributed by atoms with Crippen LogP contribution in [0.4, 0.5) is 5.00 Å². The summed E-state index contributed by atoms with van der Waals surface area (Å²) >= 11 is 4.93. The van der Waals surface area contributed by atoms with E-state index in [-0.39, 0.29) is 6.04 Å². The number of hydrogen-bond acceptors (Lipinski definition) is 7. The lowest BCUT2D eigenvalue weighted by Crippen LogP contribution is -2.29. The lowest BCUT2D eigenvalue weighted by molar-refractivity contribution is 0.107. The SMILES string of the molecule is C#Cc1c(C[C@@H](N)COC2CC2)sc2c(NCc3cccs3)snc12. The van der Waals surface area contributed by atoms with Crippen LogP contribution in [0.15, 0.2) is 17.5 Å². The lowest BCUT2D eigenvalue weighted by Gasteiger charge is -2.11. The van der Waals surface area contributed by atoms with Crippen LogP contribution in [0.2, 0.25) is 0 Å². The first-order chi connectivity index (χ1) is 12.2. The number of nitrogens with two attached hydrogens (primary N) is 1. The van der Waals surface area contributed by atoms with E-state index in [1.807, 2.05) is 0 Å². The van der Waals surface area contributed by atoms with Gasteiger partial charge in [0.1, 0.15) is 10.5 Å². The fourth-order valence-corrected chi connectivity index (χ4v) is 5.45. The van der Waals surface area contributed by atoms with E-state index >= 15 is 0 Å². The maximum Gasteiger partial charge on any atom is 0.127 e. The van der Waals surface area contributed by atoms with Gasteiger partial charge < -0.3 is 15.8 Å². The maximum atomic E-state index is 6.24. The molecule has 0 bridgehead atoms. The highest BCUT2D eigenvalue weighted by molar-refractivity contribution is 7.24. The quantitative estimate of drug-likeness (QED) is 0.570.